The van der Waals surface area contributed by atoms with E-state index < -0.39 is 5.97 Å². The van der Waals surface area contributed by atoms with Gasteiger partial charge in [-0.15, -0.1) is 11.3 Å². The van der Waals surface area contributed by atoms with E-state index in [9.17, 15) is 9.59 Å². The molecule has 0 aromatic carbocycles. The number of hydrogen-bond donors (Lipinski definition) is 2. The van der Waals surface area contributed by atoms with Crippen molar-refractivity contribution in [2.45, 2.75) is 58.7 Å². The number of amides is 2. The Labute approximate surface area is 128 Å². The van der Waals surface area contributed by atoms with Crippen LogP contribution in [0, 0.1) is 6.92 Å². The zero-order chi connectivity index (χ0) is 15.6. The van der Waals surface area contributed by atoms with Gasteiger partial charge < -0.3 is 15.3 Å². The maximum absolute atomic E-state index is 12.3. The summed E-state index contributed by atoms with van der Waals surface area (Å²) >= 11 is 1.11. The average molecular weight is 311 g/mol. The molecule has 0 saturated carbocycles. The maximum Gasteiger partial charge on any atom is 0.347 e. The van der Waals surface area contributed by atoms with E-state index in [1.54, 1.807) is 6.92 Å². The van der Waals surface area contributed by atoms with Gasteiger partial charge in [-0.3, -0.25) is 0 Å². The third-order valence-corrected chi connectivity index (χ3v) is 5.00. The van der Waals surface area contributed by atoms with Crippen LogP contribution in [0.15, 0.2) is 0 Å². The topological polar surface area (TPSA) is 82.5 Å². The van der Waals surface area contributed by atoms with Crippen LogP contribution in [-0.2, 0) is 6.54 Å². The highest BCUT2D eigenvalue weighted by atomic mass is 32.1. The number of rotatable bonds is 3. The molecule has 2 amide bonds. The zero-order valence-electron chi connectivity index (χ0n) is 12.5. The molecule has 2 rings (SSSR count). The standard InChI is InChI=1S/C14H21N3O3S/c1-8-5-4-6-9(2)17(8)14(20)15-7-11-16-10(3)12(21-11)13(18)19/h8-9H,4-7H2,1-3H3,(H,15,20)(H,18,19)/t8-,9+. The normalized spacial score (nSPS) is 22.1. The lowest BCUT2D eigenvalue weighted by molar-refractivity contribution is 0.0701. The summed E-state index contributed by atoms with van der Waals surface area (Å²) in [5.74, 6) is -0.971. The Bertz CT molecular complexity index is 534. The monoisotopic (exact) mass is 311 g/mol. The molecule has 7 heteroatoms. The van der Waals surface area contributed by atoms with Crippen LogP contribution in [0.1, 0.15) is 53.5 Å². The first-order valence-corrected chi connectivity index (χ1v) is 7.97. The van der Waals surface area contributed by atoms with E-state index in [1.807, 2.05) is 4.90 Å². The minimum absolute atomic E-state index is 0.0978. The summed E-state index contributed by atoms with van der Waals surface area (Å²) in [5, 5.41) is 12.5. The zero-order valence-corrected chi connectivity index (χ0v) is 13.4. The van der Waals surface area contributed by atoms with Crippen LogP contribution >= 0.6 is 11.3 Å². The SMILES string of the molecule is Cc1nc(CNC(=O)N2[C@H](C)CCC[C@@H]2C)sc1C(=O)O. The van der Waals surface area contributed by atoms with Gasteiger partial charge >= 0.3 is 12.0 Å². The second-order valence-electron chi connectivity index (χ2n) is 5.52. The average Bonchev–Trinajstić information content (AvgIpc) is 2.77. The van der Waals surface area contributed by atoms with Crippen molar-refractivity contribution in [1.29, 1.82) is 0 Å². The van der Waals surface area contributed by atoms with Gasteiger partial charge in [0.1, 0.15) is 9.88 Å². The fourth-order valence-electron chi connectivity index (χ4n) is 2.79. The summed E-state index contributed by atoms with van der Waals surface area (Å²) in [7, 11) is 0. The van der Waals surface area contributed by atoms with Gasteiger partial charge in [-0.05, 0) is 40.0 Å². The second kappa shape index (κ2) is 6.43. The first-order valence-electron chi connectivity index (χ1n) is 7.16. The highest BCUT2D eigenvalue weighted by molar-refractivity contribution is 7.13. The van der Waals surface area contributed by atoms with Crippen molar-refractivity contribution in [3.63, 3.8) is 0 Å². The van der Waals surface area contributed by atoms with Crippen LogP contribution < -0.4 is 5.32 Å². The summed E-state index contributed by atoms with van der Waals surface area (Å²) < 4.78 is 0. The van der Waals surface area contributed by atoms with Crippen LogP contribution in [-0.4, -0.2) is 39.1 Å². The molecule has 1 fully saturated rings. The first kappa shape index (κ1) is 15.8. The van der Waals surface area contributed by atoms with E-state index in [-0.39, 0.29) is 29.5 Å². The van der Waals surface area contributed by atoms with Crippen LogP contribution in [0.4, 0.5) is 4.79 Å². The summed E-state index contributed by atoms with van der Waals surface area (Å²) in [6.07, 6.45) is 3.20. The number of nitrogens with one attached hydrogen (secondary N) is 1. The predicted molar refractivity (Wildman–Crippen MR) is 80.7 cm³/mol. The Morgan fingerprint density at radius 1 is 1.38 bits per heavy atom. The molecule has 0 spiro atoms. The van der Waals surface area contributed by atoms with Crippen LogP contribution in [0.5, 0.6) is 0 Å². The Morgan fingerprint density at radius 3 is 2.52 bits per heavy atom. The van der Waals surface area contributed by atoms with Crippen molar-refractivity contribution in [2.75, 3.05) is 0 Å². The van der Waals surface area contributed by atoms with Crippen molar-refractivity contribution in [2.24, 2.45) is 0 Å². The molecule has 0 radical (unpaired) electrons. The number of nitrogens with zero attached hydrogens (tertiary/aromatic N) is 2. The molecular weight excluding hydrogens is 290 g/mol. The third-order valence-electron chi connectivity index (χ3n) is 3.85. The number of aryl methyl sites for hydroxylation is 1. The highest BCUT2D eigenvalue weighted by Gasteiger charge is 2.28. The van der Waals surface area contributed by atoms with Crippen molar-refractivity contribution in [3.8, 4) is 0 Å². The summed E-state index contributed by atoms with van der Waals surface area (Å²) in [6, 6.07) is 0.377. The Balaban J connectivity index is 1.97. The van der Waals surface area contributed by atoms with E-state index in [4.69, 9.17) is 5.11 Å². The molecule has 1 aromatic heterocycles. The second-order valence-corrected chi connectivity index (χ2v) is 6.61. The number of carboxylic acids is 1. The quantitative estimate of drug-likeness (QED) is 0.899. The molecule has 1 saturated heterocycles. The van der Waals surface area contributed by atoms with Gasteiger partial charge in [-0.1, -0.05) is 0 Å². The van der Waals surface area contributed by atoms with Crippen LogP contribution in [0.2, 0.25) is 0 Å². The van der Waals surface area contributed by atoms with E-state index >= 15 is 0 Å². The van der Waals surface area contributed by atoms with Crippen molar-refractivity contribution >= 4 is 23.3 Å². The van der Waals surface area contributed by atoms with Crippen molar-refractivity contribution in [1.82, 2.24) is 15.2 Å². The highest BCUT2D eigenvalue weighted by Crippen LogP contribution is 2.23. The van der Waals surface area contributed by atoms with Gasteiger partial charge in [-0.25, -0.2) is 14.6 Å². The summed E-state index contributed by atoms with van der Waals surface area (Å²) in [5.41, 5.74) is 0.497. The number of hydrogen-bond acceptors (Lipinski definition) is 4. The lowest BCUT2D eigenvalue weighted by Crippen LogP contribution is -2.51. The Hall–Kier alpha value is -1.63. The molecule has 6 nitrogen and oxygen atoms in total. The minimum atomic E-state index is -0.971. The van der Waals surface area contributed by atoms with Gasteiger partial charge in [0.15, 0.2) is 0 Å². The van der Waals surface area contributed by atoms with Gasteiger partial charge in [0.2, 0.25) is 0 Å². The fraction of sp³-hybridized carbons (Fsp3) is 0.643. The number of carbonyl (C=O) groups is 2. The molecule has 1 aliphatic heterocycles. The smallest absolute Gasteiger partial charge is 0.347 e. The Kier molecular flexibility index (Phi) is 4.82. The van der Waals surface area contributed by atoms with Crippen LogP contribution in [0.3, 0.4) is 0 Å². The molecule has 2 atom stereocenters. The molecular formula is C14H21N3O3S. The van der Waals surface area contributed by atoms with E-state index in [2.05, 4.69) is 24.1 Å². The predicted octanol–water partition coefficient (Wildman–Crippen LogP) is 2.62. The number of thiazole rings is 1. The molecule has 1 aromatic rings. The van der Waals surface area contributed by atoms with E-state index in [1.165, 1.54) is 0 Å². The first-order chi connectivity index (χ1) is 9.90. The summed E-state index contributed by atoms with van der Waals surface area (Å²) in [6.45, 7) is 6.06. The number of aromatic carboxylic acids is 1. The number of carbonyl (C=O) groups excluding carboxylic acids is 1. The maximum atomic E-state index is 12.3. The molecule has 116 valence electrons. The van der Waals surface area contributed by atoms with Crippen LogP contribution in [0.25, 0.3) is 0 Å². The van der Waals surface area contributed by atoms with Gasteiger partial charge in [-0.2, -0.15) is 0 Å². The molecule has 1 aliphatic rings. The number of aromatic nitrogens is 1. The lowest BCUT2D eigenvalue weighted by atomic mass is 9.98. The minimum Gasteiger partial charge on any atom is -0.477 e. The van der Waals surface area contributed by atoms with Gasteiger partial charge in [0, 0.05) is 12.1 Å². The van der Waals surface area contributed by atoms with Gasteiger partial charge in [0.05, 0.1) is 12.2 Å². The number of likely N-dealkylation sites (tertiary alicyclic amines) is 1. The van der Waals surface area contributed by atoms with E-state index in [0.717, 1.165) is 30.6 Å². The molecule has 2 N–H and O–H groups in total. The molecule has 0 aliphatic carbocycles. The number of carboxylic acid groups (broad SMARTS) is 1. The van der Waals surface area contributed by atoms with Crippen molar-refractivity contribution < 1.29 is 14.7 Å². The molecule has 0 bridgehead atoms. The summed E-state index contributed by atoms with van der Waals surface area (Å²) in [4.78, 5) is 29.6. The Morgan fingerprint density at radius 2 is 2.00 bits per heavy atom. The lowest BCUT2D eigenvalue weighted by Gasteiger charge is -2.38. The van der Waals surface area contributed by atoms with Crippen molar-refractivity contribution in [3.05, 3.63) is 15.6 Å². The molecule has 21 heavy (non-hydrogen) atoms. The fourth-order valence-corrected chi connectivity index (χ4v) is 3.63. The third kappa shape index (κ3) is 3.53. The molecule has 2 heterocycles. The van der Waals surface area contributed by atoms with Gasteiger partial charge in [0.25, 0.3) is 0 Å². The number of piperidine rings is 1. The largest absolute Gasteiger partial charge is 0.477 e. The molecule has 0 unspecified atom stereocenters. The van der Waals surface area contributed by atoms with E-state index in [0.29, 0.717) is 10.7 Å². The number of urea groups is 1.